The Bertz CT molecular complexity index is 678. The number of hydrogen-bond donors (Lipinski definition) is 1. The monoisotopic (exact) mass is 326 g/mol. The minimum Gasteiger partial charge on any atom is -0.851 e. The summed E-state index contributed by atoms with van der Waals surface area (Å²) in [6, 6.07) is 9.97. The van der Waals surface area contributed by atoms with Gasteiger partial charge in [0, 0.05) is 30.2 Å². The zero-order valence-electron chi connectivity index (χ0n) is 14.9. The van der Waals surface area contributed by atoms with E-state index in [1.165, 1.54) is 0 Å². The number of aromatic amines is 1. The maximum atomic E-state index is 12.7. The number of nitrogens with one attached hydrogen (secondary N) is 1. The quantitative estimate of drug-likeness (QED) is 0.911. The van der Waals surface area contributed by atoms with Gasteiger partial charge >= 0.3 is 0 Å². The highest BCUT2D eigenvalue weighted by Gasteiger charge is 2.39. The van der Waals surface area contributed by atoms with Crippen molar-refractivity contribution in [1.82, 2.24) is 4.98 Å². The van der Waals surface area contributed by atoms with Crippen molar-refractivity contribution in [1.29, 1.82) is 0 Å². The van der Waals surface area contributed by atoms with Crippen LogP contribution in [0.4, 0.5) is 5.69 Å². The molecule has 0 bridgehead atoms. The van der Waals surface area contributed by atoms with Crippen molar-refractivity contribution in [2.75, 3.05) is 18.0 Å². The molecule has 1 N–H and O–H groups in total. The molecule has 0 radical (unpaired) electrons. The molecule has 4 nitrogen and oxygen atoms in total. The maximum Gasteiger partial charge on any atom is 0.0366 e. The Hall–Kier alpha value is -1.78. The van der Waals surface area contributed by atoms with Crippen LogP contribution in [0, 0.1) is 13.8 Å². The van der Waals surface area contributed by atoms with Crippen molar-refractivity contribution in [3.05, 3.63) is 52.8 Å². The van der Waals surface area contributed by atoms with Crippen LogP contribution in [0.15, 0.2) is 30.3 Å². The van der Waals surface area contributed by atoms with E-state index in [0.29, 0.717) is 0 Å². The Balaban J connectivity index is 1.78. The number of nitrogens with zero attached hydrogens (tertiary/aromatic N) is 1. The fourth-order valence-electron chi connectivity index (χ4n) is 3.97. The molecule has 0 spiro atoms. The third kappa shape index (κ3) is 2.74. The third-order valence-corrected chi connectivity index (χ3v) is 5.35. The number of anilines is 1. The van der Waals surface area contributed by atoms with Gasteiger partial charge < -0.3 is 20.1 Å². The molecule has 1 aromatic heterocycles. The van der Waals surface area contributed by atoms with Gasteiger partial charge in [0.25, 0.3) is 0 Å². The molecule has 4 heteroatoms. The van der Waals surface area contributed by atoms with Crippen LogP contribution < -0.4 is 15.1 Å². The topological polar surface area (TPSA) is 65.1 Å². The van der Waals surface area contributed by atoms with Crippen LogP contribution in [0.25, 0.3) is 0 Å². The van der Waals surface area contributed by atoms with Gasteiger partial charge in [0.05, 0.1) is 0 Å². The van der Waals surface area contributed by atoms with Crippen LogP contribution in [0.1, 0.15) is 48.2 Å². The summed E-state index contributed by atoms with van der Waals surface area (Å²) in [7, 11) is 0. The zero-order valence-corrected chi connectivity index (χ0v) is 14.9. The second-order valence-electron chi connectivity index (χ2n) is 6.79. The van der Waals surface area contributed by atoms with Crippen LogP contribution in [0.3, 0.4) is 0 Å². The number of aromatic nitrogens is 1. The SMILES string of the molecule is CCN(CC)c1ccc(C2C([O-])C(c3[nH]c(C)cc3C)C2[O-])cc1. The lowest BCUT2D eigenvalue weighted by Gasteiger charge is -2.61. The lowest BCUT2D eigenvalue weighted by atomic mass is 9.64. The molecule has 1 aliphatic rings. The molecule has 1 heterocycles. The fraction of sp³-hybridized carbons (Fsp3) is 0.500. The first-order valence-corrected chi connectivity index (χ1v) is 8.80. The van der Waals surface area contributed by atoms with Crippen molar-refractivity contribution in [2.24, 2.45) is 0 Å². The molecule has 3 rings (SSSR count). The van der Waals surface area contributed by atoms with E-state index < -0.39 is 24.0 Å². The van der Waals surface area contributed by atoms with E-state index in [0.717, 1.165) is 41.3 Å². The lowest BCUT2D eigenvalue weighted by Crippen LogP contribution is -2.63. The van der Waals surface area contributed by atoms with Gasteiger partial charge in [-0.25, -0.2) is 0 Å². The fourth-order valence-corrected chi connectivity index (χ4v) is 3.97. The van der Waals surface area contributed by atoms with Gasteiger partial charge in [0.2, 0.25) is 0 Å². The first-order chi connectivity index (χ1) is 11.5. The lowest BCUT2D eigenvalue weighted by molar-refractivity contribution is -0.536. The molecule has 2 atom stereocenters. The van der Waals surface area contributed by atoms with Crippen LogP contribution in [0.2, 0.25) is 0 Å². The average molecular weight is 326 g/mol. The van der Waals surface area contributed by atoms with Crippen molar-refractivity contribution in [3.63, 3.8) is 0 Å². The zero-order chi connectivity index (χ0) is 17.4. The predicted octanol–water partition coefficient (Wildman–Crippen LogP) is 1.82. The molecule has 1 aliphatic carbocycles. The van der Waals surface area contributed by atoms with E-state index >= 15 is 0 Å². The number of hydrogen-bond acceptors (Lipinski definition) is 3. The molecule has 0 saturated heterocycles. The Morgan fingerprint density at radius 3 is 2.00 bits per heavy atom. The van der Waals surface area contributed by atoms with Gasteiger partial charge in [-0.1, -0.05) is 12.1 Å². The molecular formula is C20H26N2O2-2. The average Bonchev–Trinajstić information content (AvgIpc) is 2.88. The van der Waals surface area contributed by atoms with Crippen LogP contribution in [-0.4, -0.2) is 30.3 Å². The van der Waals surface area contributed by atoms with E-state index in [4.69, 9.17) is 0 Å². The summed E-state index contributed by atoms with van der Waals surface area (Å²) in [5.74, 6) is -0.894. The molecule has 2 aromatic rings. The van der Waals surface area contributed by atoms with Crippen LogP contribution in [0.5, 0.6) is 0 Å². The van der Waals surface area contributed by atoms with Gasteiger partial charge in [-0.15, -0.1) is 12.2 Å². The summed E-state index contributed by atoms with van der Waals surface area (Å²) in [5.41, 5.74) is 4.88. The highest BCUT2D eigenvalue weighted by Crippen LogP contribution is 2.46. The molecule has 1 aromatic carbocycles. The number of benzene rings is 1. The largest absolute Gasteiger partial charge is 0.851 e. The standard InChI is InChI=1S/C20H26N2O2/c1-5-22(6-2)15-9-7-14(8-10-15)16-19(23)17(20(16)24)18-12(3)11-13(4)21-18/h7-11,16-17,19-21H,5-6H2,1-4H3/q-2. The minimum absolute atomic E-state index is 0.441. The van der Waals surface area contributed by atoms with Gasteiger partial charge in [-0.3, -0.25) is 0 Å². The molecule has 0 amide bonds. The summed E-state index contributed by atoms with van der Waals surface area (Å²) < 4.78 is 0. The molecule has 1 fully saturated rings. The van der Waals surface area contributed by atoms with Gasteiger partial charge in [-0.2, -0.15) is 0 Å². The van der Waals surface area contributed by atoms with Crippen molar-refractivity contribution in [2.45, 2.75) is 51.7 Å². The van der Waals surface area contributed by atoms with E-state index in [2.05, 4.69) is 23.7 Å². The van der Waals surface area contributed by atoms with Crippen molar-refractivity contribution in [3.8, 4) is 0 Å². The Labute approximate surface area is 144 Å². The Morgan fingerprint density at radius 1 is 0.958 bits per heavy atom. The Morgan fingerprint density at radius 2 is 1.54 bits per heavy atom. The van der Waals surface area contributed by atoms with E-state index in [-0.39, 0.29) is 0 Å². The van der Waals surface area contributed by atoms with Gasteiger partial charge in [0.1, 0.15) is 0 Å². The Kier molecular flexibility index (Phi) is 4.70. The molecule has 0 aliphatic heterocycles. The molecule has 24 heavy (non-hydrogen) atoms. The second-order valence-corrected chi connectivity index (χ2v) is 6.79. The number of aryl methyl sites for hydroxylation is 2. The number of H-pyrrole nitrogens is 1. The summed E-state index contributed by atoms with van der Waals surface area (Å²) in [4.78, 5) is 5.46. The van der Waals surface area contributed by atoms with Crippen LogP contribution >= 0.6 is 0 Å². The van der Waals surface area contributed by atoms with E-state index in [1.807, 2.05) is 44.2 Å². The predicted molar refractivity (Wildman–Crippen MR) is 93.3 cm³/mol. The molecule has 2 unspecified atom stereocenters. The molecular weight excluding hydrogens is 300 g/mol. The van der Waals surface area contributed by atoms with Crippen molar-refractivity contribution < 1.29 is 10.2 Å². The molecule has 130 valence electrons. The van der Waals surface area contributed by atoms with Crippen molar-refractivity contribution >= 4 is 5.69 Å². The second kappa shape index (κ2) is 6.61. The van der Waals surface area contributed by atoms with Crippen LogP contribution in [-0.2, 0) is 0 Å². The van der Waals surface area contributed by atoms with E-state index in [1.54, 1.807) is 0 Å². The normalized spacial score (nSPS) is 26.2. The highest BCUT2D eigenvalue weighted by atomic mass is 16.3. The van der Waals surface area contributed by atoms with E-state index in [9.17, 15) is 10.2 Å². The summed E-state index contributed by atoms with van der Waals surface area (Å²) in [5, 5.41) is 25.4. The summed E-state index contributed by atoms with van der Waals surface area (Å²) in [6.45, 7) is 10.1. The number of rotatable bonds is 5. The third-order valence-electron chi connectivity index (χ3n) is 5.35. The first kappa shape index (κ1) is 17.1. The maximum absolute atomic E-state index is 12.7. The first-order valence-electron chi connectivity index (χ1n) is 8.80. The van der Waals surface area contributed by atoms with Gasteiger partial charge in [0.15, 0.2) is 0 Å². The smallest absolute Gasteiger partial charge is 0.0366 e. The highest BCUT2D eigenvalue weighted by molar-refractivity contribution is 5.49. The van der Waals surface area contributed by atoms with Gasteiger partial charge in [-0.05, 0) is 68.9 Å². The summed E-state index contributed by atoms with van der Waals surface area (Å²) >= 11 is 0. The summed E-state index contributed by atoms with van der Waals surface area (Å²) in [6.07, 6.45) is -1.74. The minimum atomic E-state index is -0.872. The molecule has 1 saturated carbocycles.